The van der Waals surface area contributed by atoms with Crippen LogP contribution in [0.15, 0.2) is 32.9 Å². The SMILES string of the molecule is Cc1ccc(S(=O)(=O)N=S2CCCCC2)cc1. The molecule has 1 aliphatic heterocycles. The van der Waals surface area contributed by atoms with Gasteiger partial charge in [-0.15, -0.1) is 3.77 Å². The van der Waals surface area contributed by atoms with Crippen LogP contribution in [0.2, 0.25) is 0 Å². The molecule has 17 heavy (non-hydrogen) atoms. The highest BCUT2D eigenvalue weighted by atomic mass is 32.3. The molecular weight excluding hydrogens is 254 g/mol. The van der Waals surface area contributed by atoms with Crippen molar-refractivity contribution >= 4 is 20.7 Å². The zero-order valence-corrected chi connectivity index (χ0v) is 11.6. The fraction of sp³-hybridized carbons (Fsp3) is 0.500. The minimum atomic E-state index is -3.44. The van der Waals surface area contributed by atoms with E-state index in [0.29, 0.717) is 4.90 Å². The molecule has 0 atom stereocenters. The van der Waals surface area contributed by atoms with Gasteiger partial charge in [0.15, 0.2) is 0 Å². The topological polar surface area (TPSA) is 46.5 Å². The van der Waals surface area contributed by atoms with Crippen molar-refractivity contribution < 1.29 is 8.42 Å². The lowest BCUT2D eigenvalue weighted by molar-refractivity contribution is 0.598. The third-order valence-electron chi connectivity index (χ3n) is 2.78. The largest absolute Gasteiger partial charge is 0.287 e. The highest BCUT2D eigenvalue weighted by Gasteiger charge is 2.15. The van der Waals surface area contributed by atoms with Gasteiger partial charge < -0.3 is 0 Å². The molecule has 3 nitrogen and oxygen atoms in total. The van der Waals surface area contributed by atoms with Crippen LogP contribution in [0.4, 0.5) is 0 Å². The summed E-state index contributed by atoms with van der Waals surface area (Å²) in [5.74, 6) is 1.87. The van der Waals surface area contributed by atoms with Crippen molar-refractivity contribution in [3.8, 4) is 0 Å². The van der Waals surface area contributed by atoms with E-state index in [0.717, 1.165) is 29.9 Å². The standard InChI is InChI=1S/C12H17NO2S2/c1-11-5-7-12(8-6-11)17(14,15)13-16-9-3-2-4-10-16/h5-8H,2-4,9-10H2,1H3. The molecule has 0 spiro atoms. The summed E-state index contributed by atoms with van der Waals surface area (Å²) in [4.78, 5) is 0.321. The molecule has 5 heteroatoms. The average molecular weight is 271 g/mol. The molecule has 0 bridgehead atoms. The second-order valence-corrected chi connectivity index (χ2v) is 8.05. The summed E-state index contributed by atoms with van der Waals surface area (Å²) >= 11 is 0. The summed E-state index contributed by atoms with van der Waals surface area (Å²) in [6.45, 7) is 1.94. The van der Waals surface area contributed by atoms with E-state index in [2.05, 4.69) is 3.77 Å². The van der Waals surface area contributed by atoms with Crippen LogP contribution < -0.4 is 0 Å². The van der Waals surface area contributed by atoms with E-state index in [9.17, 15) is 8.42 Å². The second-order valence-electron chi connectivity index (χ2n) is 4.29. The summed E-state index contributed by atoms with van der Waals surface area (Å²) in [5, 5.41) is 0. The van der Waals surface area contributed by atoms with Crippen LogP contribution in [0.1, 0.15) is 24.8 Å². The Labute approximate surface area is 105 Å². The Hall–Kier alpha value is -0.680. The molecule has 1 saturated heterocycles. The quantitative estimate of drug-likeness (QED) is 0.830. The van der Waals surface area contributed by atoms with Crippen LogP contribution in [-0.2, 0) is 20.7 Å². The number of rotatable bonds is 2. The highest BCUT2D eigenvalue weighted by Crippen LogP contribution is 2.17. The predicted molar refractivity (Wildman–Crippen MR) is 71.7 cm³/mol. The van der Waals surface area contributed by atoms with Crippen LogP contribution in [-0.4, -0.2) is 19.9 Å². The third kappa shape index (κ3) is 3.39. The number of aryl methyl sites for hydroxylation is 1. The van der Waals surface area contributed by atoms with Gasteiger partial charge >= 0.3 is 0 Å². The molecule has 94 valence electrons. The van der Waals surface area contributed by atoms with Gasteiger partial charge in [-0.25, -0.2) is 0 Å². The highest BCUT2D eigenvalue weighted by molar-refractivity contribution is 8.00. The van der Waals surface area contributed by atoms with Crippen LogP contribution in [0.3, 0.4) is 0 Å². The molecule has 1 aliphatic rings. The summed E-state index contributed by atoms with van der Waals surface area (Å²) in [7, 11) is -3.72. The fourth-order valence-corrected chi connectivity index (χ4v) is 5.59. The number of hydrogen-bond acceptors (Lipinski definition) is 2. The van der Waals surface area contributed by atoms with Gasteiger partial charge in [0.2, 0.25) is 0 Å². The van der Waals surface area contributed by atoms with Gasteiger partial charge in [0.25, 0.3) is 10.0 Å². The van der Waals surface area contributed by atoms with Gasteiger partial charge in [-0.2, -0.15) is 8.42 Å². The summed E-state index contributed by atoms with van der Waals surface area (Å²) in [6, 6.07) is 6.90. The summed E-state index contributed by atoms with van der Waals surface area (Å²) in [6.07, 6.45) is 3.43. The molecule has 0 aromatic heterocycles. The number of nitrogens with zero attached hydrogens (tertiary/aromatic N) is 1. The first-order valence-corrected chi connectivity index (χ1v) is 8.76. The van der Waals surface area contributed by atoms with Gasteiger partial charge in [0.1, 0.15) is 0 Å². The first kappa shape index (κ1) is 12.8. The van der Waals surface area contributed by atoms with Crippen LogP contribution in [0.5, 0.6) is 0 Å². The lowest BCUT2D eigenvalue weighted by Gasteiger charge is -2.13. The summed E-state index contributed by atoms with van der Waals surface area (Å²) < 4.78 is 28.2. The molecule has 1 aromatic rings. The third-order valence-corrected chi connectivity index (χ3v) is 6.80. The minimum Gasteiger partial charge on any atom is -0.199 e. The van der Waals surface area contributed by atoms with E-state index in [1.54, 1.807) is 12.1 Å². The van der Waals surface area contributed by atoms with Crippen molar-refractivity contribution in [3.63, 3.8) is 0 Å². The van der Waals surface area contributed by atoms with Crippen LogP contribution in [0.25, 0.3) is 0 Å². The maximum atomic E-state index is 12.1. The minimum absolute atomic E-state index is 0.283. The molecule has 0 unspecified atom stereocenters. The van der Waals surface area contributed by atoms with Crippen molar-refractivity contribution in [2.24, 2.45) is 3.77 Å². The Balaban J connectivity index is 2.27. The smallest absolute Gasteiger partial charge is 0.199 e. The van der Waals surface area contributed by atoms with Gasteiger partial charge in [-0.3, -0.25) is 0 Å². The zero-order chi connectivity index (χ0) is 12.3. The van der Waals surface area contributed by atoms with E-state index in [-0.39, 0.29) is 10.7 Å². The van der Waals surface area contributed by atoms with Gasteiger partial charge in [-0.1, -0.05) is 34.8 Å². The Morgan fingerprint density at radius 1 is 1.06 bits per heavy atom. The Morgan fingerprint density at radius 3 is 2.24 bits per heavy atom. The van der Waals surface area contributed by atoms with E-state index >= 15 is 0 Å². The van der Waals surface area contributed by atoms with Gasteiger partial charge in [0, 0.05) is 11.5 Å². The molecule has 0 N–H and O–H groups in total. The van der Waals surface area contributed by atoms with E-state index in [1.165, 1.54) is 6.42 Å². The number of hydrogen-bond donors (Lipinski definition) is 0. The Morgan fingerprint density at radius 2 is 1.65 bits per heavy atom. The fourth-order valence-electron chi connectivity index (χ4n) is 1.78. The van der Waals surface area contributed by atoms with Gasteiger partial charge in [-0.05, 0) is 31.9 Å². The molecule has 2 rings (SSSR count). The summed E-state index contributed by atoms with van der Waals surface area (Å²) in [5.41, 5.74) is 1.06. The average Bonchev–Trinajstić information content (AvgIpc) is 2.30. The number of sulfonamides is 1. The van der Waals surface area contributed by atoms with Crippen LogP contribution in [0, 0.1) is 6.92 Å². The van der Waals surface area contributed by atoms with E-state index < -0.39 is 10.0 Å². The molecule has 1 fully saturated rings. The molecule has 1 heterocycles. The van der Waals surface area contributed by atoms with Gasteiger partial charge in [0.05, 0.1) is 4.90 Å². The molecule has 0 saturated carbocycles. The number of benzene rings is 1. The van der Waals surface area contributed by atoms with Crippen molar-refractivity contribution in [2.45, 2.75) is 31.1 Å². The first-order valence-electron chi connectivity index (χ1n) is 5.80. The monoisotopic (exact) mass is 271 g/mol. The van der Waals surface area contributed by atoms with E-state index in [4.69, 9.17) is 0 Å². The van der Waals surface area contributed by atoms with Crippen molar-refractivity contribution in [1.29, 1.82) is 0 Å². The zero-order valence-electron chi connectivity index (χ0n) is 9.93. The van der Waals surface area contributed by atoms with Crippen LogP contribution >= 0.6 is 0 Å². The normalized spacial score (nSPS) is 17.9. The predicted octanol–water partition coefficient (Wildman–Crippen LogP) is 2.67. The maximum absolute atomic E-state index is 12.1. The molecule has 0 amide bonds. The molecule has 0 radical (unpaired) electrons. The maximum Gasteiger partial charge on any atom is 0.287 e. The second kappa shape index (κ2) is 5.31. The van der Waals surface area contributed by atoms with Crippen molar-refractivity contribution in [3.05, 3.63) is 29.8 Å². The molecule has 1 aromatic carbocycles. The lowest BCUT2D eigenvalue weighted by atomic mass is 10.2. The van der Waals surface area contributed by atoms with Crippen molar-refractivity contribution in [1.82, 2.24) is 0 Å². The Kier molecular flexibility index (Phi) is 3.99. The Bertz CT molecular complexity index is 510. The molecule has 0 aliphatic carbocycles. The van der Waals surface area contributed by atoms with E-state index in [1.807, 2.05) is 19.1 Å². The first-order chi connectivity index (χ1) is 8.08. The van der Waals surface area contributed by atoms with Crippen molar-refractivity contribution in [2.75, 3.05) is 11.5 Å². The lowest BCUT2D eigenvalue weighted by Crippen LogP contribution is -2.11. The molecular formula is C12H17NO2S2.